The molecule has 0 unspecified atom stereocenters. The number of fused-ring (bicyclic) bond motifs is 1. The van der Waals surface area contributed by atoms with Crippen LogP contribution in [-0.2, 0) is 6.42 Å². The van der Waals surface area contributed by atoms with Crippen LogP contribution in [0.3, 0.4) is 0 Å². The van der Waals surface area contributed by atoms with E-state index in [0.29, 0.717) is 17.3 Å². The van der Waals surface area contributed by atoms with Crippen LogP contribution in [0.4, 0.5) is 15.9 Å². The number of aryl methyl sites for hydroxylation is 1. The van der Waals surface area contributed by atoms with Crippen LogP contribution in [0.5, 0.6) is 0 Å². The third kappa shape index (κ3) is 5.13. The van der Waals surface area contributed by atoms with Gasteiger partial charge >= 0.3 is 0 Å². The Kier molecular flexibility index (Phi) is 6.46. The van der Waals surface area contributed by atoms with Gasteiger partial charge in [0.05, 0.1) is 10.5 Å². The van der Waals surface area contributed by atoms with Gasteiger partial charge in [-0.15, -0.1) is 0 Å². The van der Waals surface area contributed by atoms with Gasteiger partial charge in [-0.1, -0.05) is 17.7 Å². The third-order valence-electron chi connectivity index (χ3n) is 6.00. The summed E-state index contributed by atoms with van der Waals surface area (Å²) in [5.41, 5.74) is 3.58. The van der Waals surface area contributed by atoms with Crippen molar-refractivity contribution in [3.8, 4) is 11.4 Å². The summed E-state index contributed by atoms with van der Waals surface area (Å²) in [4.78, 5) is 16.3. The quantitative estimate of drug-likeness (QED) is 0.352. The highest BCUT2D eigenvalue weighted by atomic mass is 35.5. The normalized spacial score (nSPS) is 14.1. The first-order valence-electron chi connectivity index (χ1n) is 11.3. The van der Waals surface area contributed by atoms with Crippen molar-refractivity contribution in [3.63, 3.8) is 0 Å². The standard InChI is InChI=1S/C26H25ClFN5/c27-22-16-20(8-9-23(22)28)30-26-21-15-18(5-4-14-33-12-1-2-13-33)7-10-24(21)31-25(32-26)19-6-3-11-29-17-19/h3,6-11,15-17H,1-2,4-5,12-14H2,(H,30,31,32). The van der Waals surface area contributed by atoms with E-state index in [1.165, 1.54) is 37.6 Å². The van der Waals surface area contributed by atoms with Crippen molar-refractivity contribution in [1.29, 1.82) is 0 Å². The molecule has 1 N–H and O–H groups in total. The zero-order chi connectivity index (χ0) is 22.6. The van der Waals surface area contributed by atoms with E-state index in [2.05, 4.69) is 27.3 Å². The summed E-state index contributed by atoms with van der Waals surface area (Å²) in [7, 11) is 0. The van der Waals surface area contributed by atoms with Crippen molar-refractivity contribution in [2.45, 2.75) is 25.7 Å². The van der Waals surface area contributed by atoms with E-state index in [9.17, 15) is 4.39 Å². The molecule has 168 valence electrons. The van der Waals surface area contributed by atoms with Crippen molar-refractivity contribution in [2.24, 2.45) is 0 Å². The molecule has 1 aliphatic rings. The Balaban J connectivity index is 1.48. The average Bonchev–Trinajstić information content (AvgIpc) is 3.36. The summed E-state index contributed by atoms with van der Waals surface area (Å²) in [6.07, 6.45) is 8.21. The van der Waals surface area contributed by atoms with Crippen LogP contribution in [-0.4, -0.2) is 39.5 Å². The lowest BCUT2D eigenvalue weighted by Gasteiger charge is -2.15. The molecular weight excluding hydrogens is 437 g/mol. The second-order valence-electron chi connectivity index (χ2n) is 8.40. The van der Waals surface area contributed by atoms with Crippen molar-refractivity contribution >= 4 is 34.0 Å². The van der Waals surface area contributed by atoms with E-state index in [1.54, 1.807) is 24.5 Å². The Morgan fingerprint density at radius 1 is 1.03 bits per heavy atom. The molecule has 1 fully saturated rings. The second kappa shape index (κ2) is 9.81. The number of halogens is 2. The third-order valence-corrected chi connectivity index (χ3v) is 6.29. The van der Waals surface area contributed by atoms with E-state index in [0.717, 1.165) is 35.9 Å². The molecule has 0 aliphatic carbocycles. The summed E-state index contributed by atoms with van der Waals surface area (Å²) < 4.78 is 13.7. The van der Waals surface area contributed by atoms with Gasteiger partial charge in [0.2, 0.25) is 0 Å². The summed E-state index contributed by atoms with van der Waals surface area (Å²) in [5, 5.41) is 4.30. The van der Waals surface area contributed by atoms with E-state index in [-0.39, 0.29) is 5.02 Å². The number of hydrogen-bond donors (Lipinski definition) is 1. The number of pyridine rings is 1. The van der Waals surface area contributed by atoms with Gasteiger partial charge in [-0.25, -0.2) is 14.4 Å². The molecule has 0 bridgehead atoms. The Hall–Kier alpha value is -3.09. The first-order valence-corrected chi connectivity index (χ1v) is 11.7. The Bertz CT molecular complexity index is 1260. The predicted octanol–water partition coefficient (Wildman–Crippen LogP) is 6.26. The van der Waals surface area contributed by atoms with Gasteiger partial charge in [0.15, 0.2) is 5.82 Å². The molecule has 33 heavy (non-hydrogen) atoms. The maximum atomic E-state index is 13.7. The predicted molar refractivity (Wildman–Crippen MR) is 131 cm³/mol. The van der Waals surface area contributed by atoms with Crippen LogP contribution in [0.25, 0.3) is 22.3 Å². The molecule has 0 atom stereocenters. The fourth-order valence-corrected chi connectivity index (χ4v) is 4.45. The molecule has 2 aromatic carbocycles. The molecule has 1 saturated heterocycles. The van der Waals surface area contributed by atoms with Gasteiger partial charge in [-0.2, -0.15) is 0 Å². The van der Waals surface area contributed by atoms with Gasteiger partial charge in [-0.05, 0) is 93.3 Å². The van der Waals surface area contributed by atoms with Crippen LogP contribution in [0.2, 0.25) is 5.02 Å². The van der Waals surface area contributed by atoms with Crippen molar-refractivity contribution in [3.05, 3.63) is 77.3 Å². The Morgan fingerprint density at radius 3 is 2.70 bits per heavy atom. The lowest BCUT2D eigenvalue weighted by molar-refractivity contribution is 0.334. The molecule has 1 aliphatic heterocycles. The van der Waals surface area contributed by atoms with E-state index in [1.807, 2.05) is 18.2 Å². The van der Waals surface area contributed by atoms with Crippen LogP contribution < -0.4 is 5.32 Å². The number of hydrogen-bond acceptors (Lipinski definition) is 5. The highest BCUT2D eigenvalue weighted by Gasteiger charge is 2.13. The largest absolute Gasteiger partial charge is 0.340 e. The molecule has 3 heterocycles. The number of anilines is 2. The van der Waals surface area contributed by atoms with Gasteiger partial charge in [0, 0.05) is 29.0 Å². The molecule has 4 aromatic rings. The minimum Gasteiger partial charge on any atom is -0.340 e. The molecule has 0 amide bonds. The molecular formula is C26H25ClFN5. The Labute approximate surface area is 197 Å². The first kappa shape index (κ1) is 21.7. The van der Waals surface area contributed by atoms with Crippen molar-refractivity contribution in [1.82, 2.24) is 19.9 Å². The van der Waals surface area contributed by atoms with Crippen molar-refractivity contribution in [2.75, 3.05) is 25.0 Å². The Morgan fingerprint density at radius 2 is 1.91 bits per heavy atom. The van der Waals surface area contributed by atoms with Crippen LogP contribution in [0.1, 0.15) is 24.8 Å². The molecule has 5 rings (SSSR count). The number of nitrogens with one attached hydrogen (secondary N) is 1. The second-order valence-corrected chi connectivity index (χ2v) is 8.80. The lowest BCUT2D eigenvalue weighted by Crippen LogP contribution is -2.20. The molecule has 7 heteroatoms. The summed E-state index contributed by atoms with van der Waals surface area (Å²) in [6, 6.07) is 14.7. The van der Waals surface area contributed by atoms with Crippen LogP contribution in [0, 0.1) is 5.82 Å². The fourth-order valence-electron chi connectivity index (χ4n) is 4.27. The minimum absolute atomic E-state index is 0.0634. The van der Waals surface area contributed by atoms with Gasteiger partial charge in [0.1, 0.15) is 11.6 Å². The highest BCUT2D eigenvalue weighted by molar-refractivity contribution is 6.31. The monoisotopic (exact) mass is 461 g/mol. The minimum atomic E-state index is -0.453. The molecule has 0 saturated carbocycles. The molecule has 5 nitrogen and oxygen atoms in total. The average molecular weight is 462 g/mol. The zero-order valence-corrected chi connectivity index (χ0v) is 19.0. The number of rotatable bonds is 7. The number of benzene rings is 2. The van der Waals surface area contributed by atoms with E-state index >= 15 is 0 Å². The van der Waals surface area contributed by atoms with Crippen LogP contribution in [0.15, 0.2) is 60.9 Å². The topological polar surface area (TPSA) is 53.9 Å². The molecule has 0 spiro atoms. The molecule has 2 aromatic heterocycles. The maximum absolute atomic E-state index is 13.7. The number of aromatic nitrogens is 3. The van der Waals surface area contributed by atoms with Crippen molar-refractivity contribution < 1.29 is 4.39 Å². The summed E-state index contributed by atoms with van der Waals surface area (Å²) in [6.45, 7) is 3.57. The highest BCUT2D eigenvalue weighted by Crippen LogP contribution is 2.30. The summed E-state index contributed by atoms with van der Waals surface area (Å²) >= 11 is 6.00. The van der Waals surface area contributed by atoms with Gasteiger partial charge in [0.25, 0.3) is 0 Å². The SMILES string of the molecule is Fc1ccc(Nc2nc(-c3cccnc3)nc3ccc(CCCN4CCCC4)cc23)cc1Cl. The maximum Gasteiger partial charge on any atom is 0.163 e. The van der Waals surface area contributed by atoms with Crippen LogP contribution >= 0.6 is 11.6 Å². The number of nitrogens with zero attached hydrogens (tertiary/aromatic N) is 4. The van der Waals surface area contributed by atoms with E-state index < -0.39 is 5.82 Å². The number of likely N-dealkylation sites (tertiary alicyclic amines) is 1. The van der Waals surface area contributed by atoms with Gasteiger partial charge in [-0.3, -0.25) is 4.98 Å². The lowest BCUT2D eigenvalue weighted by atomic mass is 10.1. The first-order chi connectivity index (χ1) is 16.2. The smallest absolute Gasteiger partial charge is 0.163 e. The molecule has 0 radical (unpaired) electrons. The van der Waals surface area contributed by atoms with Gasteiger partial charge < -0.3 is 10.2 Å². The fraction of sp³-hybridized carbons (Fsp3) is 0.269. The zero-order valence-electron chi connectivity index (χ0n) is 18.3. The van der Waals surface area contributed by atoms with E-state index in [4.69, 9.17) is 21.6 Å². The summed E-state index contributed by atoms with van der Waals surface area (Å²) in [5.74, 6) is 0.780.